The van der Waals surface area contributed by atoms with Crippen molar-refractivity contribution in [3.8, 4) is 0 Å². The van der Waals surface area contributed by atoms with Gasteiger partial charge >= 0.3 is 11.9 Å². The van der Waals surface area contributed by atoms with Gasteiger partial charge in [-0.15, -0.1) is 0 Å². The summed E-state index contributed by atoms with van der Waals surface area (Å²) in [5.41, 5.74) is 5.91. The smallest absolute Gasteiger partial charge is 0.392 e. The number of rotatable bonds is 2. The van der Waals surface area contributed by atoms with Crippen LogP contribution in [0.1, 0.15) is 21.0 Å². The molecular weight excluding hydrogens is 200 g/mol. The van der Waals surface area contributed by atoms with E-state index in [1.54, 1.807) is 0 Å². The van der Waals surface area contributed by atoms with E-state index in [-0.39, 0.29) is 5.56 Å². The van der Waals surface area contributed by atoms with Gasteiger partial charge in [-0.25, -0.2) is 9.78 Å². The van der Waals surface area contributed by atoms with Crippen LogP contribution < -0.4 is 5.73 Å². The van der Waals surface area contributed by atoms with Gasteiger partial charge in [0.25, 0.3) is 0 Å². The third-order valence-corrected chi connectivity index (χ3v) is 1.86. The van der Waals surface area contributed by atoms with E-state index >= 15 is 0 Å². The predicted molar refractivity (Wildman–Crippen MR) is 49.5 cm³/mol. The van der Waals surface area contributed by atoms with Gasteiger partial charge in [0.1, 0.15) is 5.52 Å². The molecule has 1 amide bonds. The van der Waals surface area contributed by atoms with Crippen LogP contribution in [-0.4, -0.2) is 22.0 Å². The molecule has 2 rings (SSSR count). The standard InChI is InChI=1S/C9H6N2O4/c10-7(12)4-1-2-6-5(3-4)11-8(15-6)9(13)14/h1-3H,(H2,10,12)(H,13,14). The number of carboxylic acid groups (broad SMARTS) is 1. The SMILES string of the molecule is NC(=O)c1ccc2oc(C(=O)O)nc2c1. The molecule has 0 radical (unpaired) electrons. The van der Waals surface area contributed by atoms with Crippen molar-refractivity contribution >= 4 is 23.0 Å². The molecule has 0 bridgehead atoms. The van der Waals surface area contributed by atoms with Crippen molar-refractivity contribution in [1.29, 1.82) is 0 Å². The summed E-state index contributed by atoms with van der Waals surface area (Å²) in [5, 5.41) is 8.62. The van der Waals surface area contributed by atoms with Gasteiger partial charge in [0, 0.05) is 5.56 Å². The summed E-state index contributed by atoms with van der Waals surface area (Å²) < 4.78 is 4.90. The summed E-state index contributed by atoms with van der Waals surface area (Å²) >= 11 is 0. The lowest BCUT2D eigenvalue weighted by Gasteiger charge is -1.92. The first-order valence-corrected chi connectivity index (χ1v) is 4.01. The molecule has 0 aliphatic carbocycles. The molecule has 2 aromatic rings. The number of nitrogens with two attached hydrogens (primary N) is 1. The Morgan fingerprint density at radius 3 is 2.73 bits per heavy atom. The second-order valence-corrected chi connectivity index (χ2v) is 2.87. The Labute approximate surface area is 83.3 Å². The van der Waals surface area contributed by atoms with Crippen molar-refractivity contribution < 1.29 is 19.1 Å². The van der Waals surface area contributed by atoms with E-state index in [0.29, 0.717) is 11.1 Å². The fourth-order valence-electron chi connectivity index (χ4n) is 1.17. The van der Waals surface area contributed by atoms with Gasteiger partial charge in [-0.3, -0.25) is 4.79 Å². The Morgan fingerprint density at radius 2 is 2.13 bits per heavy atom. The van der Waals surface area contributed by atoms with E-state index in [0.717, 1.165) is 0 Å². The monoisotopic (exact) mass is 206 g/mol. The van der Waals surface area contributed by atoms with Gasteiger partial charge in [-0.2, -0.15) is 0 Å². The molecule has 6 nitrogen and oxygen atoms in total. The zero-order chi connectivity index (χ0) is 11.0. The van der Waals surface area contributed by atoms with Gasteiger partial charge in [-0.05, 0) is 18.2 Å². The zero-order valence-electron chi connectivity index (χ0n) is 7.43. The summed E-state index contributed by atoms with van der Waals surface area (Å²) in [6, 6.07) is 4.28. The molecule has 76 valence electrons. The number of oxazole rings is 1. The van der Waals surface area contributed by atoms with Crippen molar-refractivity contribution in [2.24, 2.45) is 5.73 Å². The maximum Gasteiger partial charge on any atom is 0.392 e. The summed E-state index contributed by atoms with van der Waals surface area (Å²) in [7, 11) is 0. The Morgan fingerprint density at radius 1 is 1.40 bits per heavy atom. The quantitative estimate of drug-likeness (QED) is 0.749. The summed E-state index contributed by atoms with van der Waals surface area (Å²) in [5.74, 6) is -2.27. The fraction of sp³-hybridized carbons (Fsp3) is 0. The number of aromatic nitrogens is 1. The van der Waals surface area contributed by atoms with Crippen molar-refractivity contribution in [2.45, 2.75) is 0 Å². The van der Waals surface area contributed by atoms with Crippen molar-refractivity contribution in [1.82, 2.24) is 4.98 Å². The van der Waals surface area contributed by atoms with Gasteiger partial charge in [0.2, 0.25) is 5.91 Å². The van der Waals surface area contributed by atoms with Crippen molar-refractivity contribution in [2.75, 3.05) is 0 Å². The van der Waals surface area contributed by atoms with Gasteiger partial charge in [-0.1, -0.05) is 0 Å². The molecular formula is C9H6N2O4. The first-order chi connectivity index (χ1) is 7.08. The number of nitrogens with zero attached hydrogens (tertiary/aromatic N) is 1. The van der Waals surface area contributed by atoms with Crippen molar-refractivity contribution in [3.05, 3.63) is 29.7 Å². The number of carboxylic acids is 1. The van der Waals surface area contributed by atoms with Crippen LogP contribution in [0.15, 0.2) is 22.6 Å². The van der Waals surface area contributed by atoms with Crippen LogP contribution in [-0.2, 0) is 0 Å². The van der Waals surface area contributed by atoms with Crippen LogP contribution in [0.25, 0.3) is 11.1 Å². The van der Waals surface area contributed by atoms with Crippen molar-refractivity contribution in [3.63, 3.8) is 0 Å². The molecule has 0 aliphatic rings. The molecule has 0 aliphatic heterocycles. The molecule has 0 atom stereocenters. The van der Waals surface area contributed by atoms with Crippen LogP contribution in [0.3, 0.4) is 0 Å². The lowest BCUT2D eigenvalue weighted by molar-refractivity contribution is 0.0656. The summed E-state index contributed by atoms with van der Waals surface area (Å²) in [4.78, 5) is 25.1. The Bertz CT molecular complexity index is 546. The molecule has 0 unspecified atom stereocenters. The molecule has 0 saturated carbocycles. The molecule has 1 heterocycles. The lowest BCUT2D eigenvalue weighted by atomic mass is 10.2. The minimum Gasteiger partial charge on any atom is -0.474 e. The summed E-state index contributed by atoms with van der Waals surface area (Å²) in [6.45, 7) is 0. The molecule has 1 aromatic heterocycles. The number of aromatic carboxylic acids is 1. The number of carbonyl (C=O) groups excluding carboxylic acids is 1. The van der Waals surface area contributed by atoms with Crippen LogP contribution in [0.2, 0.25) is 0 Å². The van der Waals surface area contributed by atoms with Crippen LogP contribution in [0.4, 0.5) is 0 Å². The van der Waals surface area contributed by atoms with Crippen LogP contribution in [0.5, 0.6) is 0 Å². The predicted octanol–water partition coefficient (Wildman–Crippen LogP) is 0.625. The third kappa shape index (κ3) is 1.52. The Hall–Kier alpha value is -2.37. The number of amides is 1. The number of hydrogen-bond acceptors (Lipinski definition) is 4. The topological polar surface area (TPSA) is 106 Å². The highest BCUT2D eigenvalue weighted by Crippen LogP contribution is 2.16. The average molecular weight is 206 g/mol. The average Bonchev–Trinajstić information content (AvgIpc) is 2.59. The second-order valence-electron chi connectivity index (χ2n) is 2.87. The highest BCUT2D eigenvalue weighted by atomic mass is 16.4. The number of primary amides is 1. The molecule has 15 heavy (non-hydrogen) atoms. The molecule has 0 fully saturated rings. The number of benzene rings is 1. The molecule has 0 spiro atoms. The maximum atomic E-state index is 10.8. The number of fused-ring (bicyclic) bond motifs is 1. The highest BCUT2D eigenvalue weighted by Gasteiger charge is 2.13. The molecule has 1 aromatic carbocycles. The van der Waals surface area contributed by atoms with Crippen LogP contribution in [0, 0.1) is 0 Å². The number of carbonyl (C=O) groups is 2. The molecule has 6 heteroatoms. The molecule has 0 saturated heterocycles. The van der Waals surface area contributed by atoms with Crippen LogP contribution >= 0.6 is 0 Å². The van der Waals surface area contributed by atoms with Gasteiger partial charge in [0.15, 0.2) is 5.58 Å². The third-order valence-electron chi connectivity index (χ3n) is 1.86. The minimum absolute atomic E-state index is 0.257. The van der Waals surface area contributed by atoms with E-state index in [2.05, 4.69) is 4.98 Å². The van der Waals surface area contributed by atoms with Gasteiger partial charge in [0.05, 0.1) is 0 Å². The minimum atomic E-state index is -1.26. The number of hydrogen-bond donors (Lipinski definition) is 2. The van der Waals surface area contributed by atoms with E-state index in [9.17, 15) is 9.59 Å². The normalized spacial score (nSPS) is 10.4. The largest absolute Gasteiger partial charge is 0.474 e. The zero-order valence-corrected chi connectivity index (χ0v) is 7.43. The van der Waals surface area contributed by atoms with Gasteiger partial charge < -0.3 is 15.3 Å². The maximum absolute atomic E-state index is 10.8. The fourth-order valence-corrected chi connectivity index (χ4v) is 1.17. The second kappa shape index (κ2) is 3.09. The Balaban J connectivity index is 2.62. The van der Waals surface area contributed by atoms with E-state index in [4.69, 9.17) is 15.3 Å². The summed E-state index contributed by atoms with van der Waals surface area (Å²) in [6.07, 6.45) is 0. The first kappa shape index (κ1) is 9.20. The van der Waals surface area contributed by atoms with E-state index in [1.165, 1.54) is 18.2 Å². The Kier molecular flexibility index (Phi) is 1.89. The first-order valence-electron chi connectivity index (χ1n) is 4.01. The molecule has 3 N–H and O–H groups in total. The highest BCUT2D eigenvalue weighted by molar-refractivity contribution is 5.96. The van der Waals surface area contributed by atoms with E-state index < -0.39 is 17.8 Å². The lowest BCUT2D eigenvalue weighted by Crippen LogP contribution is -2.10. The van der Waals surface area contributed by atoms with E-state index in [1.807, 2.05) is 0 Å².